The number of hydrazine groups is 1. The topological polar surface area (TPSA) is 60.2 Å². The fourth-order valence-corrected chi connectivity index (χ4v) is 2.32. The van der Waals surface area contributed by atoms with Crippen LogP contribution < -0.4 is 16.0 Å². The summed E-state index contributed by atoms with van der Waals surface area (Å²) in [5.74, 6) is 5.68. The Balaban J connectivity index is 2.34. The molecule has 0 saturated heterocycles. The molecular weight excluding hydrogens is 269 g/mol. The van der Waals surface area contributed by atoms with E-state index in [0.717, 1.165) is 5.56 Å². The Hall–Kier alpha value is -2.66. The van der Waals surface area contributed by atoms with Gasteiger partial charge >= 0.3 is 0 Å². The predicted octanol–water partition coefficient (Wildman–Crippen LogP) is 3.34. The first-order valence-corrected chi connectivity index (χ1v) is 6.44. The molecule has 2 aromatic carbocycles. The van der Waals surface area contributed by atoms with E-state index in [1.54, 1.807) is 12.1 Å². The van der Waals surface area contributed by atoms with E-state index >= 15 is 0 Å². The van der Waals surface area contributed by atoms with Crippen molar-refractivity contribution in [3.05, 3.63) is 54.3 Å². The second kappa shape index (κ2) is 5.38. The maximum Gasteiger partial charge on any atom is 0.149 e. The highest BCUT2D eigenvalue weighted by molar-refractivity contribution is 5.98. The zero-order chi connectivity index (χ0) is 14.8. The van der Waals surface area contributed by atoms with Gasteiger partial charge in [0.25, 0.3) is 0 Å². The van der Waals surface area contributed by atoms with Gasteiger partial charge in [0.05, 0.1) is 23.9 Å². The van der Waals surface area contributed by atoms with Gasteiger partial charge in [-0.1, -0.05) is 30.3 Å². The maximum absolute atomic E-state index is 14.1. The number of ether oxygens (including phenoxy) is 1. The normalized spacial score (nSPS) is 10.6. The fraction of sp³-hybridized carbons (Fsp3) is 0.0625. The summed E-state index contributed by atoms with van der Waals surface area (Å²) in [6, 6.07) is 14.2. The molecule has 0 fully saturated rings. The lowest BCUT2D eigenvalue weighted by Crippen LogP contribution is -2.08. The van der Waals surface area contributed by atoms with Gasteiger partial charge in [0.1, 0.15) is 17.1 Å². The molecule has 106 valence electrons. The van der Waals surface area contributed by atoms with Gasteiger partial charge in [-0.05, 0) is 18.2 Å². The first-order chi connectivity index (χ1) is 10.2. The summed E-state index contributed by atoms with van der Waals surface area (Å²) in [6.45, 7) is 0. The molecule has 21 heavy (non-hydrogen) atoms. The number of rotatable bonds is 3. The zero-order valence-electron chi connectivity index (χ0n) is 11.4. The summed E-state index contributed by atoms with van der Waals surface area (Å²) >= 11 is 0. The summed E-state index contributed by atoms with van der Waals surface area (Å²) in [7, 11) is 1.53. The van der Waals surface area contributed by atoms with E-state index in [2.05, 4.69) is 10.4 Å². The van der Waals surface area contributed by atoms with Crippen molar-refractivity contribution in [3.8, 4) is 17.0 Å². The minimum absolute atomic E-state index is 0.226. The number of anilines is 1. The second-order valence-electron chi connectivity index (χ2n) is 4.54. The van der Waals surface area contributed by atoms with Gasteiger partial charge in [0, 0.05) is 5.56 Å². The van der Waals surface area contributed by atoms with E-state index in [0.29, 0.717) is 22.5 Å². The summed E-state index contributed by atoms with van der Waals surface area (Å²) < 4.78 is 19.4. The van der Waals surface area contributed by atoms with E-state index in [9.17, 15) is 4.39 Å². The Morgan fingerprint density at radius 1 is 1.14 bits per heavy atom. The lowest BCUT2D eigenvalue weighted by Gasteiger charge is -2.12. The molecule has 0 aliphatic carbocycles. The summed E-state index contributed by atoms with van der Waals surface area (Å²) in [5.41, 5.74) is 4.92. The molecule has 3 aromatic rings. The molecule has 0 atom stereocenters. The number of hydrogen-bond acceptors (Lipinski definition) is 4. The number of aromatic nitrogens is 1. The molecule has 0 aliphatic rings. The molecular formula is C16H14FN3O. The standard InChI is InChI=1S/C16H14FN3O/c1-21-14-8-7-11(17)16-15(14)13(20-18)9-12(19-16)10-5-3-2-4-6-10/h2-9H,18H2,1H3,(H,19,20). The molecule has 0 amide bonds. The van der Waals surface area contributed by atoms with Crippen molar-refractivity contribution in [2.24, 2.45) is 5.84 Å². The maximum atomic E-state index is 14.1. The Morgan fingerprint density at radius 2 is 1.90 bits per heavy atom. The van der Waals surface area contributed by atoms with Crippen LogP contribution in [0.4, 0.5) is 10.1 Å². The van der Waals surface area contributed by atoms with Crippen LogP contribution in [0.5, 0.6) is 5.75 Å². The molecule has 0 aliphatic heterocycles. The van der Waals surface area contributed by atoms with Crippen LogP contribution in [0.15, 0.2) is 48.5 Å². The third kappa shape index (κ3) is 2.28. The molecule has 1 heterocycles. The third-order valence-corrected chi connectivity index (χ3v) is 3.32. The lowest BCUT2D eigenvalue weighted by molar-refractivity contribution is 0.419. The number of hydrogen-bond donors (Lipinski definition) is 2. The van der Waals surface area contributed by atoms with Crippen LogP contribution in [-0.4, -0.2) is 12.1 Å². The van der Waals surface area contributed by atoms with E-state index in [1.807, 2.05) is 30.3 Å². The Bertz CT molecular complexity index is 790. The number of methoxy groups -OCH3 is 1. The average Bonchev–Trinajstić information content (AvgIpc) is 2.55. The number of fused-ring (bicyclic) bond motifs is 1. The van der Waals surface area contributed by atoms with Gasteiger partial charge in [-0.15, -0.1) is 0 Å². The van der Waals surface area contributed by atoms with Crippen molar-refractivity contribution in [3.63, 3.8) is 0 Å². The van der Waals surface area contributed by atoms with Crippen LogP contribution in [0.3, 0.4) is 0 Å². The van der Waals surface area contributed by atoms with Crippen molar-refractivity contribution >= 4 is 16.6 Å². The lowest BCUT2D eigenvalue weighted by atomic mass is 10.1. The zero-order valence-corrected chi connectivity index (χ0v) is 11.4. The number of halogens is 1. The summed E-state index contributed by atoms with van der Waals surface area (Å²) in [6.07, 6.45) is 0. The molecule has 3 rings (SSSR count). The third-order valence-electron chi connectivity index (χ3n) is 3.32. The molecule has 0 saturated carbocycles. The highest BCUT2D eigenvalue weighted by atomic mass is 19.1. The van der Waals surface area contributed by atoms with Crippen molar-refractivity contribution in [1.82, 2.24) is 4.98 Å². The van der Waals surface area contributed by atoms with Crippen LogP contribution in [0.1, 0.15) is 0 Å². The van der Waals surface area contributed by atoms with Crippen molar-refractivity contribution in [1.29, 1.82) is 0 Å². The smallest absolute Gasteiger partial charge is 0.149 e. The molecule has 5 heteroatoms. The van der Waals surface area contributed by atoms with E-state index in [-0.39, 0.29) is 5.52 Å². The highest BCUT2D eigenvalue weighted by Crippen LogP contribution is 2.35. The number of nitrogens with zero attached hydrogens (tertiary/aromatic N) is 1. The van der Waals surface area contributed by atoms with E-state index < -0.39 is 5.82 Å². The monoisotopic (exact) mass is 283 g/mol. The molecule has 4 nitrogen and oxygen atoms in total. The second-order valence-corrected chi connectivity index (χ2v) is 4.54. The van der Waals surface area contributed by atoms with Crippen molar-refractivity contribution in [2.75, 3.05) is 12.5 Å². The number of nitrogens with one attached hydrogen (secondary N) is 1. The van der Waals surface area contributed by atoms with Gasteiger partial charge < -0.3 is 10.2 Å². The SMILES string of the molecule is COc1ccc(F)c2nc(-c3ccccc3)cc(NN)c12. The Morgan fingerprint density at radius 3 is 2.57 bits per heavy atom. The number of pyridine rings is 1. The van der Waals surface area contributed by atoms with Crippen LogP contribution in [-0.2, 0) is 0 Å². The van der Waals surface area contributed by atoms with Crippen LogP contribution >= 0.6 is 0 Å². The predicted molar refractivity (Wildman–Crippen MR) is 81.5 cm³/mol. The van der Waals surface area contributed by atoms with Crippen LogP contribution in [0.25, 0.3) is 22.2 Å². The van der Waals surface area contributed by atoms with Gasteiger partial charge in [0.15, 0.2) is 0 Å². The molecule has 1 aromatic heterocycles. The van der Waals surface area contributed by atoms with Crippen molar-refractivity contribution < 1.29 is 9.13 Å². The number of benzene rings is 2. The Kier molecular flexibility index (Phi) is 3.41. The van der Waals surface area contributed by atoms with E-state index in [1.165, 1.54) is 13.2 Å². The summed E-state index contributed by atoms with van der Waals surface area (Å²) in [4.78, 5) is 4.41. The van der Waals surface area contributed by atoms with Gasteiger partial charge in [-0.3, -0.25) is 5.84 Å². The molecule has 0 unspecified atom stereocenters. The fourth-order valence-electron chi connectivity index (χ4n) is 2.32. The van der Waals surface area contributed by atoms with Crippen LogP contribution in [0.2, 0.25) is 0 Å². The van der Waals surface area contributed by atoms with Gasteiger partial charge in [0.2, 0.25) is 0 Å². The summed E-state index contributed by atoms with van der Waals surface area (Å²) in [5, 5.41) is 0.527. The molecule has 0 radical (unpaired) electrons. The van der Waals surface area contributed by atoms with Crippen LogP contribution in [0, 0.1) is 5.82 Å². The highest BCUT2D eigenvalue weighted by Gasteiger charge is 2.14. The quantitative estimate of drug-likeness (QED) is 0.571. The van der Waals surface area contributed by atoms with E-state index in [4.69, 9.17) is 10.6 Å². The molecule has 0 spiro atoms. The van der Waals surface area contributed by atoms with Gasteiger partial charge in [-0.25, -0.2) is 9.37 Å². The largest absolute Gasteiger partial charge is 0.496 e. The van der Waals surface area contributed by atoms with Crippen molar-refractivity contribution in [2.45, 2.75) is 0 Å². The minimum Gasteiger partial charge on any atom is -0.496 e. The molecule has 0 bridgehead atoms. The first kappa shape index (κ1) is 13.3. The average molecular weight is 283 g/mol. The number of nitrogens with two attached hydrogens (primary N) is 1. The molecule has 3 N–H and O–H groups in total. The Labute approximate surface area is 121 Å². The number of nitrogen functional groups attached to an aromatic ring is 1. The van der Waals surface area contributed by atoms with Gasteiger partial charge in [-0.2, -0.15) is 0 Å². The first-order valence-electron chi connectivity index (χ1n) is 6.44. The minimum atomic E-state index is -0.417.